The second-order valence-corrected chi connectivity index (χ2v) is 6.13. The molecule has 3 aromatic rings. The molecule has 2 aromatic carbocycles. The Labute approximate surface area is 150 Å². The molecule has 1 N–H and O–H groups in total. The number of hydrogen-bond acceptors (Lipinski definition) is 2. The van der Waals surface area contributed by atoms with Crippen LogP contribution in [-0.2, 0) is 17.8 Å². The molecule has 0 spiro atoms. The number of hydrogen-bond donors (Lipinski definition) is 1. The normalized spacial score (nSPS) is 10.6. The van der Waals surface area contributed by atoms with E-state index >= 15 is 0 Å². The maximum atomic E-state index is 13.7. The largest absolute Gasteiger partial charge is 0.323 e. The Morgan fingerprint density at radius 1 is 1.16 bits per heavy atom. The molecule has 0 radical (unpaired) electrons. The molecule has 0 fully saturated rings. The Morgan fingerprint density at radius 3 is 2.68 bits per heavy atom. The Balaban J connectivity index is 1.53. The number of nitrogens with one attached hydrogen (secondary N) is 1. The standard InChI is InChI=1S/C19H17ClFN3O/c20-16-8-5-14(6-9-16)7-10-19(25)23-17-11-22-24(13-17)12-15-3-1-2-4-18(15)21/h1-6,8-9,11,13H,7,10,12H2,(H,23,25). The van der Waals surface area contributed by atoms with Crippen LogP contribution in [0.2, 0.25) is 5.02 Å². The molecule has 0 unspecified atom stereocenters. The minimum atomic E-state index is -0.272. The molecule has 0 saturated carbocycles. The molecule has 0 aliphatic rings. The first kappa shape index (κ1) is 17.2. The topological polar surface area (TPSA) is 46.9 Å². The highest BCUT2D eigenvalue weighted by Crippen LogP contribution is 2.13. The van der Waals surface area contributed by atoms with Crippen LogP contribution in [0.5, 0.6) is 0 Å². The summed E-state index contributed by atoms with van der Waals surface area (Å²) in [5.74, 6) is -0.369. The van der Waals surface area contributed by atoms with E-state index in [0.717, 1.165) is 5.56 Å². The predicted molar refractivity (Wildman–Crippen MR) is 96.1 cm³/mol. The zero-order valence-corrected chi connectivity index (χ0v) is 14.2. The first-order valence-electron chi connectivity index (χ1n) is 7.90. The third-order valence-corrected chi connectivity index (χ3v) is 4.01. The van der Waals surface area contributed by atoms with Crippen LogP contribution in [-0.4, -0.2) is 15.7 Å². The lowest BCUT2D eigenvalue weighted by molar-refractivity contribution is -0.116. The fraction of sp³-hybridized carbons (Fsp3) is 0.158. The van der Waals surface area contributed by atoms with Gasteiger partial charge < -0.3 is 5.32 Å². The molecule has 0 aliphatic heterocycles. The molecule has 6 heteroatoms. The number of aryl methyl sites for hydroxylation is 1. The fourth-order valence-electron chi connectivity index (χ4n) is 2.45. The van der Waals surface area contributed by atoms with Gasteiger partial charge in [-0.1, -0.05) is 41.9 Å². The van der Waals surface area contributed by atoms with Crippen molar-refractivity contribution in [1.29, 1.82) is 0 Å². The van der Waals surface area contributed by atoms with E-state index in [9.17, 15) is 9.18 Å². The number of carbonyl (C=O) groups is 1. The van der Waals surface area contributed by atoms with E-state index in [1.54, 1.807) is 35.3 Å². The average molecular weight is 358 g/mol. The van der Waals surface area contributed by atoms with Crippen molar-refractivity contribution in [3.63, 3.8) is 0 Å². The molecule has 3 rings (SSSR count). The zero-order chi connectivity index (χ0) is 17.6. The summed E-state index contributed by atoms with van der Waals surface area (Å²) in [5, 5.41) is 7.63. The van der Waals surface area contributed by atoms with Gasteiger partial charge in [0.15, 0.2) is 0 Å². The molecule has 4 nitrogen and oxygen atoms in total. The number of aromatic nitrogens is 2. The van der Waals surface area contributed by atoms with Gasteiger partial charge in [0.2, 0.25) is 5.91 Å². The van der Waals surface area contributed by atoms with E-state index in [1.807, 2.05) is 24.3 Å². The van der Waals surface area contributed by atoms with Crippen LogP contribution in [0.3, 0.4) is 0 Å². The van der Waals surface area contributed by atoms with E-state index in [0.29, 0.717) is 35.7 Å². The van der Waals surface area contributed by atoms with Gasteiger partial charge in [-0.05, 0) is 30.2 Å². The number of amides is 1. The fourth-order valence-corrected chi connectivity index (χ4v) is 2.57. The van der Waals surface area contributed by atoms with Gasteiger partial charge in [-0.15, -0.1) is 0 Å². The third-order valence-electron chi connectivity index (χ3n) is 3.76. The van der Waals surface area contributed by atoms with Gasteiger partial charge >= 0.3 is 0 Å². The Kier molecular flexibility index (Phi) is 5.46. The zero-order valence-electron chi connectivity index (χ0n) is 13.5. The molecule has 0 atom stereocenters. The van der Waals surface area contributed by atoms with Gasteiger partial charge in [0.05, 0.1) is 18.4 Å². The number of halogens is 2. The monoisotopic (exact) mass is 357 g/mol. The van der Waals surface area contributed by atoms with Gasteiger partial charge in [0.25, 0.3) is 0 Å². The van der Waals surface area contributed by atoms with Crippen LogP contribution in [0, 0.1) is 5.82 Å². The lowest BCUT2D eigenvalue weighted by atomic mass is 10.1. The molecule has 0 aliphatic carbocycles. The number of rotatable bonds is 6. The quantitative estimate of drug-likeness (QED) is 0.715. The van der Waals surface area contributed by atoms with Gasteiger partial charge in [0.1, 0.15) is 5.82 Å². The van der Waals surface area contributed by atoms with E-state index in [2.05, 4.69) is 10.4 Å². The predicted octanol–water partition coefficient (Wildman–Crippen LogP) is 4.30. The molecule has 128 valence electrons. The van der Waals surface area contributed by atoms with Crippen LogP contribution >= 0.6 is 11.6 Å². The minimum absolute atomic E-state index is 0.0969. The first-order chi connectivity index (χ1) is 12.1. The summed E-state index contributed by atoms with van der Waals surface area (Å²) in [6.45, 7) is 0.313. The first-order valence-corrected chi connectivity index (χ1v) is 8.28. The van der Waals surface area contributed by atoms with Crippen LogP contribution in [0.4, 0.5) is 10.1 Å². The maximum Gasteiger partial charge on any atom is 0.224 e. The van der Waals surface area contributed by atoms with Crippen molar-refractivity contribution in [3.8, 4) is 0 Å². The summed E-state index contributed by atoms with van der Waals surface area (Å²) in [6.07, 6.45) is 4.24. The summed E-state index contributed by atoms with van der Waals surface area (Å²) in [4.78, 5) is 12.0. The van der Waals surface area contributed by atoms with Crippen molar-refractivity contribution in [2.24, 2.45) is 0 Å². The lowest BCUT2D eigenvalue weighted by Gasteiger charge is -2.04. The van der Waals surface area contributed by atoms with E-state index in [-0.39, 0.29) is 11.7 Å². The van der Waals surface area contributed by atoms with Crippen molar-refractivity contribution in [1.82, 2.24) is 9.78 Å². The van der Waals surface area contributed by atoms with Crippen LogP contribution in [0.1, 0.15) is 17.5 Å². The Hall–Kier alpha value is -2.66. The van der Waals surface area contributed by atoms with Crippen molar-refractivity contribution in [2.45, 2.75) is 19.4 Å². The van der Waals surface area contributed by atoms with Crippen molar-refractivity contribution in [3.05, 3.63) is 82.9 Å². The average Bonchev–Trinajstić information content (AvgIpc) is 3.03. The molecular formula is C19H17ClFN3O. The van der Waals surface area contributed by atoms with E-state index < -0.39 is 0 Å². The minimum Gasteiger partial charge on any atom is -0.323 e. The summed E-state index contributed by atoms with van der Waals surface area (Å²) in [5.41, 5.74) is 2.19. The lowest BCUT2D eigenvalue weighted by Crippen LogP contribution is -2.12. The molecule has 0 saturated heterocycles. The third kappa shape index (κ3) is 4.90. The van der Waals surface area contributed by atoms with Crippen LogP contribution in [0.25, 0.3) is 0 Å². The van der Waals surface area contributed by atoms with Gasteiger partial charge in [-0.3, -0.25) is 9.48 Å². The summed E-state index contributed by atoms with van der Waals surface area (Å²) in [6, 6.07) is 14.0. The van der Waals surface area contributed by atoms with E-state index in [4.69, 9.17) is 11.6 Å². The SMILES string of the molecule is O=C(CCc1ccc(Cl)cc1)Nc1cnn(Cc2ccccc2F)c1. The molecule has 0 bridgehead atoms. The molecule has 1 aromatic heterocycles. The van der Waals surface area contributed by atoms with Gasteiger partial charge in [-0.2, -0.15) is 5.10 Å². The Bertz CT molecular complexity index is 861. The highest BCUT2D eigenvalue weighted by Gasteiger charge is 2.07. The smallest absolute Gasteiger partial charge is 0.224 e. The number of anilines is 1. The van der Waals surface area contributed by atoms with Crippen LogP contribution in [0.15, 0.2) is 60.9 Å². The highest BCUT2D eigenvalue weighted by molar-refractivity contribution is 6.30. The van der Waals surface area contributed by atoms with E-state index in [1.165, 1.54) is 6.07 Å². The number of nitrogens with zero attached hydrogens (tertiary/aromatic N) is 2. The second-order valence-electron chi connectivity index (χ2n) is 5.69. The van der Waals surface area contributed by atoms with Crippen LogP contribution < -0.4 is 5.32 Å². The van der Waals surface area contributed by atoms with Crippen molar-refractivity contribution < 1.29 is 9.18 Å². The summed E-state index contributed by atoms with van der Waals surface area (Å²) >= 11 is 5.84. The molecule has 1 heterocycles. The summed E-state index contributed by atoms with van der Waals surface area (Å²) in [7, 11) is 0. The van der Waals surface area contributed by atoms with Crippen molar-refractivity contribution >= 4 is 23.2 Å². The maximum absolute atomic E-state index is 13.7. The van der Waals surface area contributed by atoms with Gasteiger partial charge in [-0.25, -0.2) is 4.39 Å². The molecule has 25 heavy (non-hydrogen) atoms. The Morgan fingerprint density at radius 2 is 1.92 bits per heavy atom. The van der Waals surface area contributed by atoms with Crippen molar-refractivity contribution in [2.75, 3.05) is 5.32 Å². The number of carbonyl (C=O) groups excluding carboxylic acids is 1. The van der Waals surface area contributed by atoms with Gasteiger partial charge in [0, 0.05) is 23.2 Å². The highest BCUT2D eigenvalue weighted by atomic mass is 35.5. The molecular weight excluding hydrogens is 341 g/mol. The molecule has 1 amide bonds. The summed E-state index contributed by atoms with van der Waals surface area (Å²) < 4.78 is 15.3. The second kappa shape index (κ2) is 7.94. The number of benzene rings is 2.